The number of hydrogen-bond acceptors (Lipinski definition) is 4. The zero-order chi connectivity index (χ0) is 16.4. The van der Waals surface area contributed by atoms with Crippen LogP contribution in [0.1, 0.15) is 5.56 Å². The van der Waals surface area contributed by atoms with Crippen LogP contribution in [0.3, 0.4) is 0 Å². The maximum atomic E-state index is 5.96. The molecule has 4 rings (SSSR count). The molecule has 0 radical (unpaired) electrons. The fourth-order valence-electron chi connectivity index (χ4n) is 3.68. The van der Waals surface area contributed by atoms with Crippen LogP contribution in [0.25, 0.3) is 0 Å². The molecule has 2 aromatic carbocycles. The van der Waals surface area contributed by atoms with Crippen LogP contribution in [0.15, 0.2) is 48.5 Å². The van der Waals surface area contributed by atoms with Gasteiger partial charge in [-0.3, -0.25) is 4.90 Å². The van der Waals surface area contributed by atoms with Gasteiger partial charge in [0.15, 0.2) is 0 Å². The highest BCUT2D eigenvalue weighted by Gasteiger charge is 2.28. The van der Waals surface area contributed by atoms with E-state index >= 15 is 0 Å². The Morgan fingerprint density at radius 3 is 2.46 bits per heavy atom. The molecule has 1 unspecified atom stereocenters. The number of ether oxygens (including phenoxy) is 2. The van der Waals surface area contributed by atoms with Gasteiger partial charge in [-0.1, -0.05) is 18.2 Å². The molecule has 24 heavy (non-hydrogen) atoms. The van der Waals surface area contributed by atoms with Crippen molar-refractivity contribution in [1.29, 1.82) is 0 Å². The van der Waals surface area contributed by atoms with Crippen LogP contribution >= 0.6 is 0 Å². The average Bonchev–Trinajstić information content (AvgIpc) is 2.68. The Balaban J connectivity index is 1.36. The predicted octanol–water partition coefficient (Wildman–Crippen LogP) is 2.82. The van der Waals surface area contributed by atoms with Crippen LogP contribution in [0, 0.1) is 0 Å². The van der Waals surface area contributed by atoms with Crippen LogP contribution in [0.2, 0.25) is 0 Å². The molecule has 2 heterocycles. The van der Waals surface area contributed by atoms with Gasteiger partial charge in [-0.05, 0) is 42.3 Å². The molecular formula is C20H24N2O2. The zero-order valence-corrected chi connectivity index (χ0v) is 14.1. The lowest BCUT2D eigenvalue weighted by atomic mass is 10.0. The summed E-state index contributed by atoms with van der Waals surface area (Å²) in [5.74, 6) is 1.97. The van der Waals surface area contributed by atoms with E-state index in [1.54, 1.807) is 7.11 Å². The van der Waals surface area contributed by atoms with Crippen molar-refractivity contribution < 1.29 is 9.47 Å². The number of hydrogen-bond donors (Lipinski definition) is 0. The second-order valence-electron chi connectivity index (χ2n) is 6.50. The normalized spacial score (nSPS) is 21.0. The first-order valence-corrected chi connectivity index (χ1v) is 8.67. The molecule has 2 aliphatic heterocycles. The first-order chi connectivity index (χ1) is 11.8. The molecule has 4 nitrogen and oxygen atoms in total. The summed E-state index contributed by atoms with van der Waals surface area (Å²) in [6.07, 6.45) is 1.10. The van der Waals surface area contributed by atoms with Crippen LogP contribution in [0.4, 0.5) is 5.69 Å². The van der Waals surface area contributed by atoms with Crippen LogP contribution in [-0.4, -0.2) is 50.8 Å². The molecule has 1 atom stereocenters. The van der Waals surface area contributed by atoms with Crippen LogP contribution in [-0.2, 0) is 6.42 Å². The second kappa shape index (κ2) is 6.73. The van der Waals surface area contributed by atoms with Gasteiger partial charge in [0.25, 0.3) is 0 Å². The minimum Gasteiger partial charge on any atom is -0.497 e. The van der Waals surface area contributed by atoms with Gasteiger partial charge < -0.3 is 14.4 Å². The highest BCUT2D eigenvalue weighted by atomic mass is 16.5. The Morgan fingerprint density at radius 2 is 1.71 bits per heavy atom. The molecule has 0 N–H and O–H groups in total. The van der Waals surface area contributed by atoms with Crippen molar-refractivity contribution in [2.75, 3.05) is 44.8 Å². The predicted molar refractivity (Wildman–Crippen MR) is 96.2 cm³/mol. The smallest absolute Gasteiger partial charge is 0.122 e. The summed E-state index contributed by atoms with van der Waals surface area (Å²) in [5.41, 5.74) is 2.62. The van der Waals surface area contributed by atoms with Gasteiger partial charge in [0.1, 0.15) is 18.1 Å². The van der Waals surface area contributed by atoms with E-state index in [4.69, 9.17) is 9.47 Å². The summed E-state index contributed by atoms with van der Waals surface area (Å²) in [5, 5.41) is 0. The molecule has 2 aromatic rings. The van der Waals surface area contributed by atoms with E-state index in [2.05, 4.69) is 40.1 Å². The van der Waals surface area contributed by atoms with E-state index in [-0.39, 0.29) is 0 Å². The summed E-state index contributed by atoms with van der Waals surface area (Å²) in [4.78, 5) is 5.03. The number of fused-ring (bicyclic) bond motifs is 1. The number of rotatable bonds is 3. The van der Waals surface area contributed by atoms with E-state index in [0.717, 1.165) is 50.7 Å². The van der Waals surface area contributed by atoms with Crippen LogP contribution in [0.5, 0.6) is 11.5 Å². The van der Waals surface area contributed by atoms with E-state index in [1.165, 1.54) is 11.3 Å². The molecule has 0 saturated carbocycles. The zero-order valence-electron chi connectivity index (χ0n) is 14.1. The minimum atomic E-state index is 0.498. The maximum Gasteiger partial charge on any atom is 0.122 e. The summed E-state index contributed by atoms with van der Waals surface area (Å²) in [7, 11) is 1.71. The Labute approximate surface area is 143 Å². The molecule has 0 bridgehead atoms. The molecule has 0 spiro atoms. The van der Waals surface area contributed by atoms with Crippen LogP contribution < -0.4 is 14.4 Å². The molecule has 0 aliphatic carbocycles. The van der Waals surface area contributed by atoms with Gasteiger partial charge in [0.05, 0.1) is 7.11 Å². The molecular weight excluding hydrogens is 300 g/mol. The number of piperazine rings is 1. The second-order valence-corrected chi connectivity index (χ2v) is 6.50. The summed E-state index contributed by atoms with van der Waals surface area (Å²) in [6, 6.07) is 17.3. The van der Waals surface area contributed by atoms with Gasteiger partial charge in [0, 0.05) is 37.9 Å². The monoisotopic (exact) mass is 324 g/mol. The van der Waals surface area contributed by atoms with Crippen molar-refractivity contribution in [3.63, 3.8) is 0 Å². The fraction of sp³-hybridized carbons (Fsp3) is 0.400. The first kappa shape index (κ1) is 15.3. The third-order valence-electron chi connectivity index (χ3n) is 5.13. The SMILES string of the molecule is COc1ccc(N2CCN(C3COc4ccccc4C3)CC2)cc1. The Kier molecular flexibility index (Phi) is 4.30. The van der Waals surface area contributed by atoms with Gasteiger partial charge in [0.2, 0.25) is 0 Å². The fourth-order valence-corrected chi connectivity index (χ4v) is 3.68. The summed E-state index contributed by atoms with van der Waals surface area (Å²) >= 11 is 0. The number of benzene rings is 2. The lowest BCUT2D eigenvalue weighted by Crippen LogP contribution is -2.53. The highest BCUT2D eigenvalue weighted by Crippen LogP contribution is 2.27. The Morgan fingerprint density at radius 1 is 0.958 bits per heavy atom. The summed E-state index contributed by atoms with van der Waals surface area (Å²) < 4.78 is 11.2. The van der Waals surface area contributed by atoms with Gasteiger partial charge in [-0.2, -0.15) is 0 Å². The topological polar surface area (TPSA) is 24.9 Å². The molecule has 4 heteroatoms. The molecule has 0 amide bonds. The standard InChI is InChI=1S/C20H24N2O2/c1-23-19-8-6-17(7-9-19)21-10-12-22(13-11-21)18-14-16-4-2-3-5-20(16)24-15-18/h2-9,18H,10-15H2,1H3. The first-order valence-electron chi connectivity index (χ1n) is 8.67. The van der Waals surface area contributed by atoms with Gasteiger partial charge in [-0.15, -0.1) is 0 Å². The molecule has 1 saturated heterocycles. The van der Waals surface area contributed by atoms with Gasteiger partial charge >= 0.3 is 0 Å². The van der Waals surface area contributed by atoms with E-state index in [1.807, 2.05) is 18.2 Å². The quantitative estimate of drug-likeness (QED) is 0.867. The largest absolute Gasteiger partial charge is 0.497 e. The molecule has 0 aromatic heterocycles. The minimum absolute atomic E-state index is 0.498. The number of para-hydroxylation sites is 1. The number of nitrogens with zero attached hydrogens (tertiary/aromatic N) is 2. The molecule has 1 fully saturated rings. The van der Waals surface area contributed by atoms with E-state index in [0.29, 0.717) is 6.04 Å². The maximum absolute atomic E-state index is 5.96. The molecule has 2 aliphatic rings. The van der Waals surface area contributed by atoms with Crippen molar-refractivity contribution in [3.8, 4) is 11.5 Å². The average molecular weight is 324 g/mol. The lowest BCUT2D eigenvalue weighted by molar-refractivity contribution is 0.113. The van der Waals surface area contributed by atoms with Crippen molar-refractivity contribution in [2.45, 2.75) is 12.5 Å². The lowest BCUT2D eigenvalue weighted by Gasteiger charge is -2.41. The van der Waals surface area contributed by atoms with Crippen molar-refractivity contribution in [1.82, 2.24) is 4.90 Å². The van der Waals surface area contributed by atoms with Crippen molar-refractivity contribution in [3.05, 3.63) is 54.1 Å². The third-order valence-corrected chi connectivity index (χ3v) is 5.13. The Bertz CT molecular complexity index is 678. The van der Waals surface area contributed by atoms with Crippen molar-refractivity contribution in [2.24, 2.45) is 0 Å². The van der Waals surface area contributed by atoms with E-state index < -0.39 is 0 Å². The van der Waals surface area contributed by atoms with Gasteiger partial charge in [-0.25, -0.2) is 0 Å². The summed E-state index contributed by atoms with van der Waals surface area (Å²) in [6.45, 7) is 5.10. The number of anilines is 1. The van der Waals surface area contributed by atoms with Crippen molar-refractivity contribution >= 4 is 5.69 Å². The van der Waals surface area contributed by atoms with E-state index in [9.17, 15) is 0 Å². The molecule has 126 valence electrons. The third kappa shape index (κ3) is 3.06. The number of methoxy groups -OCH3 is 1. The Hall–Kier alpha value is -2.20. The highest BCUT2D eigenvalue weighted by molar-refractivity contribution is 5.49.